The normalized spacial score (nSPS) is 23.5. The van der Waals surface area contributed by atoms with Crippen molar-refractivity contribution in [1.29, 1.82) is 0 Å². The highest BCUT2D eigenvalue weighted by atomic mass is 79.9. The third-order valence-electron chi connectivity index (χ3n) is 3.63. The van der Waals surface area contributed by atoms with Crippen molar-refractivity contribution in [2.75, 3.05) is 0 Å². The number of rotatable bonds is 4. The lowest BCUT2D eigenvalue weighted by molar-refractivity contribution is -0.142. The van der Waals surface area contributed by atoms with Gasteiger partial charge in [-0.25, -0.2) is 13.1 Å². The predicted molar refractivity (Wildman–Crippen MR) is 80.3 cm³/mol. The molecule has 2 N–H and O–H groups in total. The molecule has 0 amide bonds. The van der Waals surface area contributed by atoms with Gasteiger partial charge >= 0.3 is 5.97 Å². The van der Waals surface area contributed by atoms with Crippen LogP contribution in [0.2, 0.25) is 0 Å². The van der Waals surface area contributed by atoms with Gasteiger partial charge in [-0.1, -0.05) is 19.3 Å². The lowest BCUT2D eigenvalue weighted by atomic mass is 9.96. The van der Waals surface area contributed by atoms with Crippen molar-refractivity contribution in [2.45, 2.75) is 43.0 Å². The van der Waals surface area contributed by atoms with E-state index >= 15 is 0 Å². The van der Waals surface area contributed by atoms with Crippen molar-refractivity contribution < 1.29 is 18.3 Å². The molecule has 0 aliphatic heterocycles. The summed E-state index contributed by atoms with van der Waals surface area (Å²) in [7, 11) is -3.77. The molecule has 1 aliphatic carbocycles. The fourth-order valence-electron chi connectivity index (χ4n) is 2.55. The van der Waals surface area contributed by atoms with Gasteiger partial charge < -0.3 is 5.11 Å². The first-order chi connectivity index (χ1) is 9.90. The van der Waals surface area contributed by atoms with Crippen LogP contribution in [0.1, 0.15) is 32.1 Å². The topological polar surface area (TPSA) is 96.4 Å². The van der Waals surface area contributed by atoms with Crippen LogP contribution in [-0.2, 0) is 14.8 Å². The largest absolute Gasteiger partial charge is 0.481 e. The summed E-state index contributed by atoms with van der Waals surface area (Å²) in [6.45, 7) is 0. The van der Waals surface area contributed by atoms with E-state index in [0.717, 1.165) is 19.3 Å². The van der Waals surface area contributed by atoms with E-state index in [1.54, 1.807) is 0 Å². The Labute approximate surface area is 132 Å². The molecule has 2 rings (SSSR count). The van der Waals surface area contributed by atoms with Gasteiger partial charge in [0.25, 0.3) is 0 Å². The SMILES string of the molecule is O=C(O)C1CCCCCC1NS(=O)(=O)c1cncc(Br)c1. The van der Waals surface area contributed by atoms with E-state index in [4.69, 9.17) is 0 Å². The minimum Gasteiger partial charge on any atom is -0.481 e. The molecule has 1 saturated carbocycles. The third-order valence-corrected chi connectivity index (χ3v) is 5.52. The van der Waals surface area contributed by atoms with Crippen molar-refractivity contribution in [1.82, 2.24) is 9.71 Å². The molecule has 1 fully saturated rings. The maximum Gasteiger partial charge on any atom is 0.308 e. The molecular weight excluding hydrogens is 360 g/mol. The zero-order valence-corrected chi connectivity index (χ0v) is 13.7. The van der Waals surface area contributed by atoms with Crippen LogP contribution in [-0.4, -0.2) is 30.5 Å². The van der Waals surface area contributed by atoms with Crippen LogP contribution in [0.4, 0.5) is 0 Å². The molecule has 21 heavy (non-hydrogen) atoms. The van der Waals surface area contributed by atoms with Crippen LogP contribution in [0.15, 0.2) is 27.8 Å². The molecular formula is C13H17BrN2O4S. The summed E-state index contributed by atoms with van der Waals surface area (Å²) in [4.78, 5) is 15.2. The Balaban J connectivity index is 2.23. The fraction of sp³-hybridized carbons (Fsp3) is 0.538. The van der Waals surface area contributed by atoms with Crippen LogP contribution in [0.25, 0.3) is 0 Å². The van der Waals surface area contributed by atoms with Crippen molar-refractivity contribution in [3.8, 4) is 0 Å². The number of nitrogens with zero attached hydrogens (tertiary/aromatic N) is 1. The average Bonchev–Trinajstić information content (AvgIpc) is 2.63. The van der Waals surface area contributed by atoms with Gasteiger partial charge in [0.1, 0.15) is 4.90 Å². The van der Waals surface area contributed by atoms with Gasteiger partial charge in [0.05, 0.1) is 5.92 Å². The summed E-state index contributed by atoms with van der Waals surface area (Å²) in [5.74, 6) is -1.63. The van der Waals surface area contributed by atoms with Gasteiger partial charge in [-0.15, -0.1) is 0 Å². The molecule has 1 aromatic rings. The van der Waals surface area contributed by atoms with Crippen molar-refractivity contribution >= 4 is 31.9 Å². The van der Waals surface area contributed by atoms with Crippen LogP contribution in [0.5, 0.6) is 0 Å². The van der Waals surface area contributed by atoms with Gasteiger partial charge in [0.15, 0.2) is 0 Å². The number of carbonyl (C=O) groups is 1. The Morgan fingerprint density at radius 3 is 2.67 bits per heavy atom. The minimum absolute atomic E-state index is 0.0326. The van der Waals surface area contributed by atoms with E-state index in [9.17, 15) is 18.3 Å². The Bertz CT molecular complexity index is 620. The lowest BCUT2D eigenvalue weighted by Gasteiger charge is -2.22. The number of carboxylic acid groups (broad SMARTS) is 1. The highest BCUT2D eigenvalue weighted by Gasteiger charge is 2.33. The number of hydrogen-bond acceptors (Lipinski definition) is 4. The van der Waals surface area contributed by atoms with E-state index in [1.165, 1.54) is 18.5 Å². The zero-order chi connectivity index (χ0) is 15.5. The quantitative estimate of drug-likeness (QED) is 0.784. The molecule has 1 aliphatic rings. The number of hydrogen-bond donors (Lipinski definition) is 2. The first kappa shape index (κ1) is 16.4. The summed E-state index contributed by atoms with van der Waals surface area (Å²) in [6, 6.07) is 0.871. The lowest BCUT2D eigenvalue weighted by Crippen LogP contribution is -2.42. The Hall–Kier alpha value is -0.990. The summed E-state index contributed by atoms with van der Waals surface area (Å²) in [5.41, 5.74) is 0. The van der Waals surface area contributed by atoms with E-state index in [1.807, 2.05) is 0 Å². The third kappa shape index (κ3) is 4.24. The van der Waals surface area contributed by atoms with Crippen molar-refractivity contribution in [3.63, 3.8) is 0 Å². The van der Waals surface area contributed by atoms with Crippen LogP contribution in [0.3, 0.4) is 0 Å². The Kier molecular flexibility index (Phi) is 5.34. The molecule has 0 radical (unpaired) electrons. The molecule has 8 heteroatoms. The van der Waals surface area contributed by atoms with Gasteiger partial charge in [-0.3, -0.25) is 9.78 Å². The number of nitrogens with one attached hydrogen (secondary N) is 1. The van der Waals surface area contributed by atoms with E-state index < -0.39 is 28.0 Å². The highest BCUT2D eigenvalue weighted by molar-refractivity contribution is 9.10. The predicted octanol–water partition coefficient (Wildman–Crippen LogP) is 2.16. The molecule has 6 nitrogen and oxygen atoms in total. The molecule has 1 aromatic heterocycles. The average molecular weight is 377 g/mol. The first-order valence-corrected chi connectivity index (χ1v) is 9.03. The highest BCUT2D eigenvalue weighted by Crippen LogP contribution is 2.25. The second kappa shape index (κ2) is 6.85. The van der Waals surface area contributed by atoms with Gasteiger partial charge in [-0.05, 0) is 34.8 Å². The summed E-state index contributed by atoms with van der Waals surface area (Å²) >= 11 is 3.18. The first-order valence-electron chi connectivity index (χ1n) is 6.76. The van der Waals surface area contributed by atoms with E-state index in [-0.39, 0.29) is 4.90 Å². The zero-order valence-electron chi connectivity index (χ0n) is 11.3. The minimum atomic E-state index is -3.77. The molecule has 2 atom stereocenters. The number of aliphatic carboxylic acids is 1. The fourth-order valence-corrected chi connectivity index (χ4v) is 4.37. The Morgan fingerprint density at radius 1 is 1.29 bits per heavy atom. The standard InChI is InChI=1S/C13H17BrN2O4S/c14-9-6-10(8-15-7-9)21(19,20)16-12-5-3-1-2-4-11(12)13(17)18/h6-8,11-12,16H,1-5H2,(H,17,18). The van der Waals surface area contributed by atoms with Crippen molar-refractivity contribution in [3.05, 3.63) is 22.9 Å². The molecule has 0 spiro atoms. The number of pyridine rings is 1. The maximum atomic E-state index is 12.4. The number of sulfonamides is 1. The van der Waals surface area contributed by atoms with Gasteiger partial charge in [0, 0.05) is 22.9 Å². The molecule has 1 heterocycles. The molecule has 2 unspecified atom stereocenters. The number of halogens is 1. The molecule has 0 saturated heterocycles. The number of carboxylic acids is 1. The molecule has 116 valence electrons. The monoisotopic (exact) mass is 376 g/mol. The summed E-state index contributed by atoms with van der Waals surface area (Å²) in [6.07, 6.45) is 6.35. The second-order valence-electron chi connectivity index (χ2n) is 5.15. The molecule has 0 aromatic carbocycles. The van der Waals surface area contributed by atoms with Gasteiger partial charge in [-0.2, -0.15) is 0 Å². The van der Waals surface area contributed by atoms with Crippen LogP contribution >= 0.6 is 15.9 Å². The van der Waals surface area contributed by atoms with Crippen LogP contribution < -0.4 is 4.72 Å². The number of aromatic nitrogens is 1. The summed E-state index contributed by atoms with van der Waals surface area (Å²) in [5, 5.41) is 9.29. The van der Waals surface area contributed by atoms with E-state index in [2.05, 4.69) is 25.6 Å². The van der Waals surface area contributed by atoms with Gasteiger partial charge in [0.2, 0.25) is 10.0 Å². The maximum absolute atomic E-state index is 12.4. The second-order valence-corrected chi connectivity index (χ2v) is 7.78. The molecule has 0 bridgehead atoms. The van der Waals surface area contributed by atoms with Crippen LogP contribution in [0, 0.1) is 5.92 Å². The van der Waals surface area contributed by atoms with E-state index in [0.29, 0.717) is 17.3 Å². The Morgan fingerprint density at radius 2 is 2.00 bits per heavy atom. The smallest absolute Gasteiger partial charge is 0.308 e. The van der Waals surface area contributed by atoms with Crippen molar-refractivity contribution in [2.24, 2.45) is 5.92 Å². The summed E-state index contributed by atoms with van der Waals surface area (Å²) < 4.78 is 27.8.